The normalized spacial score (nSPS) is 17.3. The van der Waals surface area contributed by atoms with Crippen LogP contribution in [0, 0.1) is 28.6 Å². The van der Waals surface area contributed by atoms with Crippen molar-refractivity contribution in [2.24, 2.45) is 29.2 Å². The fourth-order valence-electron chi connectivity index (χ4n) is 6.62. The molecule has 13 nitrogen and oxygen atoms in total. The number of alkyl halides is 3. The molecule has 0 aromatic heterocycles. The van der Waals surface area contributed by atoms with E-state index in [1.165, 1.54) is 6.42 Å². The van der Waals surface area contributed by atoms with Crippen molar-refractivity contribution in [3.63, 3.8) is 0 Å². The molecule has 1 aromatic carbocycles. The maximum absolute atomic E-state index is 14.2. The summed E-state index contributed by atoms with van der Waals surface area (Å²) in [6.45, 7) is 5.73. The number of aliphatic carboxylic acids is 1. The number of hydrogen-bond donors (Lipinski definition) is 8. The fourth-order valence-corrected chi connectivity index (χ4v) is 6.62. The van der Waals surface area contributed by atoms with Gasteiger partial charge in [0, 0.05) is 18.0 Å². The number of guanidine groups is 1. The smallest absolute Gasteiger partial charge is 0.475 e. The Morgan fingerprint density at radius 2 is 1.38 bits per heavy atom. The molecule has 0 aliphatic heterocycles. The third-order valence-electron chi connectivity index (χ3n) is 9.21. The van der Waals surface area contributed by atoms with Crippen LogP contribution < -0.4 is 27.4 Å². The van der Waals surface area contributed by atoms with Crippen LogP contribution in [-0.4, -0.2) is 71.1 Å². The van der Waals surface area contributed by atoms with E-state index >= 15 is 0 Å². The van der Waals surface area contributed by atoms with Crippen LogP contribution in [0.25, 0.3) is 0 Å². The van der Waals surface area contributed by atoms with Crippen molar-refractivity contribution < 1.29 is 42.2 Å². The first kappa shape index (κ1) is 43.8. The molecule has 1 aromatic rings. The minimum Gasteiger partial charge on any atom is -0.475 e. The summed E-state index contributed by atoms with van der Waals surface area (Å²) in [6.07, 6.45) is 6.26. The summed E-state index contributed by atoms with van der Waals surface area (Å²) < 4.78 is 37.4. The Morgan fingerprint density at radius 3 is 1.85 bits per heavy atom. The number of benzene rings is 1. The van der Waals surface area contributed by atoms with Gasteiger partial charge >= 0.3 is 18.1 Å². The Kier molecular flexibility index (Phi) is 17.4. The van der Waals surface area contributed by atoms with Crippen LogP contribution in [0.3, 0.4) is 0 Å². The van der Waals surface area contributed by atoms with Crippen molar-refractivity contribution in [1.29, 1.82) is 10.8 Å². The minimum atomic E-state index is -5.08. The summed E-state index contributed by atoms with van der Waals surface area (Å²) in [5, 5.41) is 31.1. The van der Waals surface area contributed by atoms with Gasteiger partial charge in [-0.1, -0.05) is 62.8 Å². The van der Waals surface area contributed by atoms with Gasteiger partial charge in [0.05, 0.1) is 0 Å². The van der Waals surface area contributed by atoms with E-state index in [4.69, 9.17) is 36.9 Å². The number of esters is 1. The monoisotopic (exact) mass is 739 g/mol. The number of amidine groups is 1. The Labute approximate surface area is 303 Å². The van der Waals surface area contributed by atoms with Crippen LogP contribution in [-0.2, 0) is 30.3 Å². The van der Waals surface area contributed by atoms with Crippen molar-refractivity contribution in [3.05, 3.63) is 35.4 Å². The number of nitrogen functional groups attached to an aromatic ring is 1. The van der Waals surface area contributed by atoms with Crippen LogP contribution in [0.15, 0.2) is 24.3 Å². The lowest BCUT2D eigenvalue weighted by molar-refractivity contribution is -0.192. The largest absolute Gasteiger partial charge is 0.490 e. The maximum atomic E-state index is 14.2. The summed E-state index contributed by atoms with van der Waals surface area (Å²) in [4.78, 5) is 50.3. The van der Waals surface area contributed by atoms with E-state index in [0.717, 1.165) is 63.4 Å². The number of carboxylic acids is 1. The molecule has 2 fully saturated rings. The molecule has 292 valence electrons. The number of halogens is 3. The second-order valence-corrected chi connectivity index (χ2v) is 14.6. The molecule has 10 N–H and O–H groups in total. The molecule has 0 spiro atoms. The van der Waals surface area contributed by atoms with Crippen molar-refractivity contribution in [2.45, 2.75) is 128 Å². The van der Waals surface area contributed by atoms with E-state index in [1.807, 2.05) is 24.3 Å². The van der Waals surface area contributed by atoms with E-state index in [1.54, 1.807) is 20.8 Å². The van der Waals surface area contributed by atoms with Gasteiger partial charge in [0.25, 0.3) is 0 Å². The number of nitrogens with two attached hydrogens (primary N) is 2. The zero-order chi connectivity index (χ0) is 39.1. The summed E-state index contributed by atoms with van der Waals surface area (Å²) in [5.74, 6) is -4.03. The topological polar surface area (TPSA) is 234 Å². The molecule has 0 heterocycles. The van der Waals surface area contributed by atoms with Crippen LogP contribution in [0.2, 0.25) is 0 Å². The third kappa shape index (κ3) is 15.9. The van der Waals surface area contributed by atoms with Crippen LogP contribution in [0.5, 0.6) is 0 Å². The predicted molar refractivity (Wildman–Crippen MR) is 190 cm³/mol. The highest BCUT2D eigenvalue weighted by atomic mass is 19.4. The van der Waals surface area contributed by atoms with E-state index < -0.39 is 35.8 Å². The van der Waals surface area contributed by atoms with Crippen molar-refractivity contribution in [3.8, 4) is 0 Å². The highest BCUT2D eigenvalue weighted by Gasteiger charge is 2.39. The summed E-state index contributed by atoms with van der Waals surface area (Å²) >= 11 is 0. The lowest BCUT2D eigenvalue weighted by atomic mass is 9.76. The molecule has 52 heavy (non-hydrogen) atoms. The van der Waals surface area contributed by atoms with Crippen molar-refractivity contribution >= 4 is 35.5 Å². The number of carbonyl (C=O) groups excluding carboxylic acids is 3. The maximum Gasteiger partial charge on any atom is 0.490 e. The molecular weight excluding hydrogens is 683 g/mol. The Hall–Kier alpha value is -4.37. The molecule has 0 bridgehead atoms. The Balaban J connectivity index is 0.00000121. The predicted octanol–water partition coefficient (Wildman–Crippen LogP) is 4.50. The Bertz CT molecular complexity index is 1360. The summed E-state index contributed by atoms with van der Waals surface area (Å²) in [7, 11) is 0. The zero-order valence-corrected chi connectivity index (χ0v) is 30.4. The molecule has 3 atom stereocenters. The molecule has 2 saturated carbocycles. The van der Waals surface area contributed by atoms with Gasteiger partial charge in [-0.15, -0.1) is 0 Å². The molecular formula is C36H56F3N7O6. The van der Waals surface area contributed by atoms with E-state index in [-0.39, 0.29) is 41.4 Å². The number of amides is 2. The van der Waals surface area contributed by atoms with Gasteiger partial charge in [0.2, 0.25) is 11.8 Å². The number of carbonyl (C=O) groups is 4. The molecule has 2 amide bonds. The van der Waals surface area contributed by atoms with Crippen LogP contribution in [0.1, 0.15) is 109 Å². The molecule has 2 aliphatic carbocycles. The number of rotatable bonds is 14. The molecule has 2 aliphatic rings. The van der Waals surface area contributed by atoms with Gasteiger partial charge in [0.1, 0.15) is 23.5 Å². The average Bonchev–Trinajstić information content (AvgIpc) is 3.07. The lowest BCUT2D eigenvalue weighted by Gasteiger charge is -2.35. The number of carboxylic acid groups (broad SMARTS) is 1. The first-order chi connectivity index (χ1) is 24.3. The lowest BCUT2D eigenvalue weighted by Crippen LogP contribution is -2.57. The molecule has 16 heteroatoms. The van der Waals surface area contributed by atoms with E-state index in [2.05, 4.69) is 16.0 Å². The van der Waals surface area contributed by atoms with Gasteiger partial charge in [-0.25, -0.2) is 9.59 Å². The summed E-state index contributed by atoms with van der Waals surface area (Å²) in [5.41, 5.74) is 12.0. The molecule has 0 saturated heterocycles. The second kappa shape index (κ2) is 20.6. The molecule has 3 rings (SSSR count). The van der Waals surface area contributed by atoms with Gasteiger partial charge < -0.3 is 37.3 Å². The zero-order valence-electron chi connectivity index (χ0n) is 30.4. The average molecular weight is 740 g/mol. The van der Waals surface area contributed by atoms with Crippen molar-refractivity contribution in [2.75, 3.05) is 6.54 Å². The fraction of sp³-hybridized carbons (Fsp3) is 0.667. The summed E-state index contributed by atoms with van der Waals surface area (Å²) in [6, 6.07) is 5.82. The van der Waals surface area contributed by atoms with Crippen LogP contribution in [0.4, 0.5) is 13.2 Å². The number of hydrogen-bond acceptors (Lipinski definition) is 7. The molecule has 0 radical (unpaired) electrons. The van der Waals surface area contributed by atoms with Crippen molar-refractivity contribution in [1.82, 2.24) is 16.0 Å². The Morgan fingerprint density at radius 1 is 0.865 bits per heavy atom. The third-order valence-corrected chi connectivity index (χ3v) is 9.21. The van der Waals surface area contributed by atoms with Gasteiger partial charge in [-0.3, -0.25) is 20.4 Å². The number of ether oxygens (including phenoxy) is 1. The van der Waals surface area contributed by atoms with E-state index in [0.29, 0.717) is 31.4 Å². The van der Waals surface area contributed by atoms with Gasteiger partial charge in [-0.2, -0.15) is 13.2 Å². The quantitative estimate of drug-likeness (QED) is 0.0580. The standard InChI is InChI=1S/C34H55N7O4.C2HF3O2/c1-34(2,3)45-32(44)27(15-10-20-39-33(37)38)40-31(43)28(24-13-8-5-9-14-24)41-30(42)26(23-11-6-4-7-12-23)21-22-16-18-25(19-17-22)29(35)36;3-2(4,5)1(6)7/h16-19,23-24,26-28H,4-15,20-21H2,1-3H3,(H3,35,36)(H,40,43)(H,41,42)(H4,37,38,39);(H,6,7)/t26?,27-,28?;/m0./s1. The highest BCUT2D eigenvalue weighted by molar-refractivity contribution is 5.95. The number of nitrogens with one attached hydrogen (secondary N) is 5. The van der Waals surface area contributed by atoms with E-state index in [9.17, 15) is 27.6 Å². The first-order valence-electron chi connectivity index (χ1n) is 17.9. The SMILES string of the molecule is CC(C)(C)OC(=O)[C@H](CCCNC(=N)N)NC(=O)C(NC(=O)C(Cc1ccc(C(=N)N)cc1)C1CCCCC1)C1CCCCC1.O=C(O)C(F)(F)F. The molecule has 2 unspecified atom stereocenters. The first-order valence-corrected chi connectivity index (χ1v) is 17.9. The minimum absolute atomic E-state index is 0.00395. The van der Waals surface area contributed by atoms with Gasteiger partial charge in [0.15, 0.2) is 5.96 Å². The van der Waals surface area contributed by atoms with Gasteiger partial charge in [-0.05, 0) is 83.1 Å². The highest BCUT2D eigenvalue weighted by Crippen LogP contribution is 2.33. The van der Waals surface area contributed by atoms with Crippen LogP contribution >= 0.6 is 0 Å². The second-order valence-electron chi connectivity index (χ2n) is 14.6.